The average Bonchev–Trinajstić information content (AvgIpc) is 2.64. The maximum absolute atomic E-state index is 10.4. The summed E-state index contributed by atoms with van der Waals surface area (Å²) in [5.74, 6) is 3.64. The van der Waals surface area contributed by atoms with Crippen molar-refractivity contribution in [1.82, 2.24) is 0 Å². The molecular weight excluding hydrogens is 332 g/mol. The van der Waals surface area contributed by atoms with E-state index in [1.165, 1.54) is 44.1 Å². The molecule has 2 aliphatic carbocycles. The zero-order valence-corrected chi connectivity index (χ0v) is 18.2. The summed E-state index contributed by atoms with van der Waals surface area (Å²) in [6.45, 7) is 13.6. The fourth-order valence-electron chi connectivity index (χ4n) is 5.63. The number of hydrogen-bond donors (Lipinski definition) is 2. The molecule has 0 bridgehead atoms. The summed E-state index contributed by atoms with van der Waals surface area (Å²) >= 11 is 0. The van der Waals surface area contributed by atoms with Gasteiger partial charge in [-0.15, -0.1) is 0 Å². The molecule has 0 aromatic carbocycles. The maximum atomic E-state index is 10.4. The normalized spacial score (nSPS) is 33.3. The minimum absolute atomic E-state index is 0.279. The Kier molecular flexibility index (Phi) is 9.08. The molecule has 0 spiro atoms. The number of hydrogen-bond acceptors (Lipinski definition) is 2. The lowest BCUT2D eigenvalue weighted by Gasteiger charge is -2.37. The van der Waals surface area contributed by atoms with Gasteiger partial charge in [-0.25, -0.2) is 0 Å². The molecular formula is C25H44O2. The van der Waals surface area contributed by atoms with Crippen molar-refractivity contribution < 1.29 is 10.2 Å². The van der Waals surface area contributed by atoms with Gasteiger partial charge in [-0.05, 0) is 86.9 Å². The van der Waals surface area contributed by atoms with Gasteiger partial charge >= 0.3 is 0 Å². The highest BCUT2D eigenvalue weighted by molar-refractivity contribution is 5.05. The van der Waals surface area contributed by atoms with Crippen LogP contribution in [0.4, 0.5) is 0 Å². The molecule has 156 valence electrons. The van der Waals surface area contributed by atoms with E-state index in [1.54, 1.807) is 0 Å². The van der Waals surface area contributed by atoms with Crippen molar-refractivity contribution in [3.05, 3.63) is 24.3 Å². The highest BCUT2D eigenvalue weighted by atomic mass is 16.3. The Morgan fingerprint density at radius 2 is 1.74 bits per heavy atom. The van der Waals surface area contributed by atoms with Crippen LogP contribution in [0.5, 0.6) is 0 Å². The third-order valence-corrected chi connectivity index (χ3v) is 7.88. The smallest absolute Gasteiger partial charge is 0.0546 e. The van der Waals surface area contributed by atoms with Gasteiger partial charge in [0.1, 0.15) is 0 Å². The summed E-state index contributed by atoms with van der Waals surface area (Å²) in [6.07, 6.45) is 13.8. The second-order valence-electron chi connectivity index (χ2n) is 9.82. The predicted octanol–water partition coefficient (Wildman–Crippen LogP) is 5.99. The van der Waals surface area contributed by atoms with Crippen molar-refractivity contribution in [3.8, 4) is 0 Å². The Hall–Kier alpha value is -0.600. The van der Waals surface area contributed by atoms with Crippen LogP contribution in [-0.4, -0.2) is 22.9 Å². The van der Waals surface area contributed by atoms with Gasteiger partial charge in [0.25, 0.3) is 0 Å². The van der Waals surface area contributed by atoms with Crippen LogP contribution in [-0.2, 0) is 0 Å². The molecule has 0 saturated heterocycles. The van der Waals surface area contributed by atoms with E-state index in [2.05, 4.69) is 39.5 Å². The van der Waals surface area contributed by atoms with E-state index in [9.17, 15) is 10.2 Å². The third-order valence-electron chi connectivity index (χ3n) is 7.88. The number of rotatable bonds is 9. The molecule has 2 nitrogen and oxygen atoms in total. The molecule has 0 aromatic heterocycles. The van der Waals surface area contributed by atoms with E-state index < -0.39 is 0 Å². The summed E-state index contributed by atoms with van der Waals surface area (Å²) in [5, 5.41) is 20.5. The molecule has 4 unspecified atom stereocenters. The fraction of sp³-hybridized carbons (Fsp3) is 0.840. The van der Waals surface area contributed by atoms with Crippen molar-refractivity contribution in [2.24, 2.45) is 41.4 Å². The Morgan fingerprint density at radius 3 is 2.30 bits per heavy atom. The minimum Gasteiger partial charge on any atom is -0.396 e. The average molecular weight is 377 g/mol. The molecule has 2 heteroatoms. The largest absolute Gasteiger partial charge is 0.396 e. The van der Waals surface area contributed by atoms with Crippen LogP contribution in [0.1, 0.15) is 79.1 Å². The first-order valence-corrected chi connectivity index (χ1v) is 11.5. The summed E-state index contributed by atoms with van der Waals surface area (Å²) in [7, 11) is 0. The van der Waals surface area contributed by atoms with Gasteiger partial charge in [0, 0.05) is 6.61 Å². The van der Waals surface area contributed by atoms with Crippen molar-refractivity contribution in [1.29, 1.82) is 0 Å². The van der Waals surface area contributed by atoms with Gasteiger partial charge in [0.15, 0.2) is 0 Å². The van der Waals surface area contributed by atoms with Gasteiger partial charge in [0.05, 0.1) is 6.10 Å². The Balaban J connectivity index is 1.93. The second-order valence-corrected chi connectivity index (χ2v) is 9.82. The number of allylic oxidation sites excluding steroid dienone is 3. The van der Waals surface area contributed by atoms with E-state index in [1.807, 2.05) is 6.92 Å². The molecule has 2 rings (SSSR count). The summed E-state index contributed by atoms with van der Waals surface area (Å²) in [5.41, 5.74) is 1.27. The van der Waals surface area contributed by atoms with E-state index in [4.69, 9.17) is 0 Å². The molecule has 2 N–H and O–H groups in total. The molecule has 2 aliphatic rings. The van der Waals surface area contributed by atoms with Crippen molar-refractivity contribution in [3.63, 3.8) is 0 Å². The van der Waals surface area contributed by atoms with Crippen molar-refractivity contribution >= 4 is 0 Å². The molecule has 0 radical (unpaired) electrons. The predicted molar refractivity (Wildman–Crippen MR) is 115 cm³/mol. The first kappa shape index (κ1) is 22.7. The van der Waals surface area contributed by atoms with Gasteiger partial charge in [-0.3, -0.25) is 0 Å². The van der Waals surface area contributed by atoms with Gasteiger partial charge in [-0.2, -0.15) is 0 Å². The van der Waals surface area contributed by atoms with Gasteiger partial charge in [0.2, 0.25) is 0 Å². The van der Waals surface area contributed by atoms with E-state index in [0.717, 1.165) is 18.8 Å². The van der Waals surface area contributed by atoms with Crippen LogP contribution in [0, 0.1) is 41.4 Å². The van der Waals surface area contributed by atoms with Crippen molar-refractivity contribution in [2.75, 3.05) is 6.61 Å². The lowest BCUT2D eigenvalue weighted by Crippen LogP contribution is -2.31. The van der Waals surface area contributed by atoms with E-state index in [-0.39, 0.29) is 12.7 Å². The Bertz CT molecular complexity index is 473. The van der Waals surface area contributed by atoms with E-state index in [0.29, 0.717) is 35.5 Å². The maximum Gasteiger partial charge on any atom is 0.0546 e. The van der Waals surface area contributed by atoms with Crippen molar-refractivity contribution in [2.45, 2.75) is 85.2 Å². The van der Waals surface area contributed by atoms with E-state index >= 15 is 0 Å². The molecule has 0 aliphatic heterocycles. The lowest BCUT2D eigenvalue weighted by atomic mass is 9.69. The molecule has 27 heavy (non-hydrogen) atoms. The zero-order valence-electron chi connectivity index (χ0n) is 18.2. The van der Waals surface area contributed by atoms with Gasteiger partial charge < -0.3 is 10.2 Å². The molecule has 0 heterocycles. The monoisotopic (exact) mass is 376 g/mol. The van der Waals surface area contributed by atoms with Gasteiger partial charge in [-0.1, -0.05) is 57.9 Å². The van der Waals surface area contributed by atoms with Crippen LogP contribution in [0.3, 0.4) is 0 Å². The van der Waals surface area contributed by atoms with Crippen LogP contribution in [0.25, 0.3) is 0 Å². The highest BCUT2D eigenvalue weighted by Crippen LogP contribution is 2.40. The standard InChI is InChI=1S/C25H44O2/c1-17-10-13-22(14-11-17)25(16-26)20(4)18(2)12-15-24(21(5)27)23-9-7-6-8-19(23)3/h7,9,17,19-27H,2,6,8,10-16H2,1,3-5H3/t17?,19?,20?,21-,22?,23?,24?,25+/m0/s1. The minimum atomic E-state index is -0.281. The van der Waals surface area contributed by atoms with Crippen LogP contribution in [0.2, 0.25) is 0 Å². The summed E-state index contributed by atoms with van der Waals surface area (Å²) < 4.78 is 0. The quantitative estimate of drug-likeness (QED) is 0.485. The first-order valence-electron chi connectivity index (χ1n) is 11.5. The zero-order chi connectivity index (χ0) is 20.0. The SMILES string of the molecule is C=C(CCC(C1C=CCCC1C)[C@H](C)O)C(C)[C@@H](CO)C1CCC(C)CC1. The summed E-state index contributed by atoms with van der Waals surface area (Å²) in [4.78, 5) is 0. The number of aliphatic hydroxyl groups is 2. The molecule has 0 aromatic rings. The lowest BCUT2D eigenvalue weighted by molar-refractivity contribution is 0.0727. The third kappa shape index (κ3) is 6.19. The molecule has 1 fully saturated rings. The first-order chi connectivity index (χ1) is 12.8. The number of aliphatic hydroxyl groups excluding tert-OH is 2. The Morgan fingerprint density at radius 1 is 1.07 bits per heavy atom. The molecule has 1 saturated carbocycles. The second kappa shape index (κ2) is 10.8. The topological polar surface area (TPSA) is 40.5 Å². The fourth-order valence-corrected chi connectivity index (χ4v) is 5.63. The summed E-state index contributed by atoms with van der Waals surface area (Å²) in [6, 6.07) is 0. The van der Waals surface area contributed by atoms with Crippen LogP contribution >= 0.6 is 0 Å². The van der Waals surface area contributed by atoms with Crippen LogP contribution < -0.4 is 0 Å². The van der Waals surface area contributed by atoms with Crippen LogP contribution in [0.15, 0.2) is 24.3 Å². The molecule has 0 amide bonds. The Labute approximate surface area is 168 Å². The highest BCUT2D eigenvalue weighted by Gasteiger charge is 2.32. The molecule has 6 atom stereocenters.